The van der Waals surface area contributed by atoms with Crippen molar-refractivity contribution in [1.82, 2.24) is 10.2 Å². The van der Waals surface area contributed by atoms with Gasteiger partial charge in [0.1, 0.15) is 6.04 Å². The largest absolute Gasteiger partial charge is 0.354 e. The molecule has 4 rings (SSSR count). The van der Waals surface area contributed by atoms with Crippen molar-refractivity contribution in [3.05, 3.63) is 77.4 Å². The molecule has 1 heterocycles. The molecule has 3 aromatic rings. The number of benzene rings is 3. The summed E-state index contributed by atoms with van der Waals surface area (Å²) in [5, 5.41) is 4.98. The Morgan fingerprint density at radius 3 is 2.44 bits per heavy atom. The van der Waals surface area contributed by atoms with Gasteiger partial charge in [-0.1, -0.05) is 67.9 Å². The highest BCUT2D eigenvalue weighted by molar-refractivity contribution is 6.25. The third kappa shape index (κ3) is 5.43. The predicted molar refractivity (Wildman–Crippen MR) is 144 cm³/mol. The molecule has 1 aliphatic rings. The standard InChI is InChI=1S/C30H35N3O3/c1-20(2)18-31-29(35)22(4)33(19-23-10-5-9-21(3)17-23)27(34)15-8-16-32-26-14-7-12-24-11-6-13-25(28(24)26)30(32)36/h5-7,9-14,17,20,22H,8,15-16,18-19H2,1-4H3,(H,31,35)/t22-/m1/s1. The molecule has 0 bridgehead atoms. The number of nitrogens with one attached hydrogen (secondary N) is 1. The minimum atomic E-state index is -0.594. The lowest BCUT2D eigenvalue weighted by Crippen LogP contribution is -2.48. The van der Waals surface area contributed by atoms with E-state index in [1.807, 2.05) is 81.4 Å². The number of hydrogen-bond donors (Lipinski definition) is 1. The Morgan fingerprint density at radius 1 is 1.00 bits per heavy atom. The van der Waals surface area contributed by atoms with Crippen LogP contribution in [0.3, 0.4) is 0 Å². The number of aryl methyl sites for hydroxylation is 1. The van der Waals surface area contributed by atoms with Crippen LogP contribution in [-0.2, 0) is 16.1 Å². The smallest absolute Gasteiger partial charge is 0.258 e. The third-order valence-corrected chi connectivity index (χ3v) is 6.71. The first-order valence-electron chi connectivity index (χ1n) is 12.7. The van der Waals surface area contributed by atoms with Crippen LogP contribution in [0.4, 0.5) is 5.69 Å². The second-order valence-electron chi connectivity index (χ2n) is 10.1. The van der Waals surface area contributed by atoms with E-state index < -0.39 is 6.04 Å². The lowest BCUT2D eigenvalue weighted by Gasteiger charge is -2.29. The normalized spacial score (nSPS) is 13.4. The second kappa shape index (κ2) is 10.9. The molecule has 1 N–H and O–H groups in total. The van der Waals surface area contributed by atoms with E-state index in [0.29, 0.717) is 37.5 Å². The summed E-state index contributed by atoms with van der Waals surface area (Å²) in [6, 6.07) is 19.1. The number of anilines is 1. The Hall–Kier alpha value is -3.67. The van der Waals surface area contributed by atoms with E-state index >= 15 is 0 Å². The summed E-state index contributed by atoms with van der Waals surface area (Å²) in [6.07, 6.45) is 0.767. The van der Waals surface area contributed by atoms with Gasteiger partial charge in [-0.2, -0.15) is 0 Å². The summed E-state index contributed by atoms with van der Waals surface area (Å²) in [5.74, 6) is 0.0635. The zero-order valence-electron chi connectivity index (χ0n) is 21.6. The van der Waals surface area contributed by atoms with E-state index in [2.05, 4.69) is 5.32 Å². The summed E-state index contributed by atoms with van der Waals surface area (Å²) in [6.45, 7) is 9.26. The molecule has 3 aromatic carbocycles. The van der Waals surface area contributed by atoms with Crippen molar-refractivity contribution in [2.24, 2.45) is 5.92 Å². The molecule has 0 fully saturated rings. The van der Waals surface area contributed by atoms with Crippen molar-refractivity contribution in [3.8, 4) is 0 Å². The number of carbonyl (C=O) groups excluding carboxylic acids is 3. The Kier molecular flexibility index (Phi) is 7.73. The van der Waals surface area contributed by atoms with Crippen molar-refractivity contribution in [1.29, 1.82) is 0 Å². The Balaban J connectivity index is 1.45. The van der Waals surface area contributed by atoms with Crippen LogP contribution in [0.1, 0.15) is 55.1 Å². The van der Waals surface area contributed by atoms with Gasteiger partial charge in [0.15, 0.2) is 0 Å². The summed E-state index contributed by atoms with van der Waals surface area (Å²) in [5.41, 5.74) is 3.71. The van der Waals surface area contributed by atoms with E-state index in [4.69, 9.17) is 0 Å². The minimum Gasteiger partial charge on any atom is -0.354 e. The van der Waals surface area contributed by atoms with Gasteiger partial charge in [-0.25, -0.2) is 0 Å². The molecule has 1 aliphatic heterocycles. The average molecular weight is 486 g/mol. The molecule has 3 amide bonds. The van der Waals surface area contributed by atoms with Crippen molar-refractivity contribution >= 4 is 34.2 Å². The molecule has 6 nitrogen and oxygen atoms in total. The fourth-order valence-corrected chi connectivity index (χ4v) is 4.78. The van der Waals surface area contributed by atoms with Gasteiger partial charge < -0.3 is 15.1 Å². The molecule has 6 heteroatoms. The number of nitrogens with zero attached hydrogens (tertiary/aromatic N) is 2. The van der Waals surface area contributed by atoms with Gasteiger partial charge in [-0.3, -0.25) is 14.4 Å². The fraction of sp³-hybridized carbons (Fsp3) is 0.367. The SMILES string of the molecule is Cc1cccc(CN(C(=O)CCCN2C(=O)c3cccc4cccc2c34)[C@H](C)C(=O)NCC(C)C)c1. The van der Waals surface area contributed by atoms with Crippen molar-refractivity contribution in [2.75, 3.05) is 18.0 Å². The van der Waals surface area contributed by atoms with Crippen molar-refractivity contribution in [2.45, 2.75) is 53.1 Å². The first-order valence-corrected chi connectivity index (χ1v) is 12.7. The van der Waals surface area contributed by atoms with E-state index in [1.54, 1.807) is 16.7 Å². The van der Waals surface area contributed by atoms with Gasteiger partial charge in [0, 0.05) is 37.0 Å². The number of carbonyl (C=O) groups is 3. The molecule has 0 unspecified atom stereocenters. The molecule has 36 heavy (non-hydrogen) atoms. The molecule has 0 aromatic heterocycles. The highest BCUT2D eigenvalue weighted by Crippen LogP contribution is 2.37. The van der Waals surface area contributed by atoms with Crippen molar-refractivity contribution in [3.63, 3.8) is 0 Å². The minimum absolute atomic E-state index is 0.0210. The molecule has 0 aliphatic carbocycles. The lowest BCUT2D eigenvalue weighted by atomic mass is 10.1. The maximum absolute atomic E-state index is 13.4. The highest BCUT2D eigenvalue weighted by atomic mass is 16.2. The van der Waals surface area contributed by atoms with Gasteiger partial charge in [0.2, 0.25) is 11.8 Å². The molecule has 0 spiro atoms. The van der Waals surface area contributed by atoms with Crippen LogP contribution in [0, 0.1) is 12.8 Å². The van der Waals surface area contributed by atoms with Crippen LogP contribution in [0.2, 0.25) is 0 Å². The highest BCUT2D eigenvalue weighted by Gasteiger charge is 2.30. The molecule has 1 atom stereocenters. The monoisotopic (exact) mass is 485 g/mol. The molecule has 0 saturated heterocycles. The Bertz CT molecular complexity index is 1280. The van der Waals surface area contributed by atoms with E-state index in [-0.39, 0.29) is 24.1 Å². The first-order chi connectivity index (χ1) is 17.3. The van der Waals surface area contributed by atoms with Crippen LogP contribution < -0.4 is 10.2 Å². The maximum atomic E-state index is 13.4. The predicted octanol–water partition coefficient (Wildman–Crippen LogP) is 5.08. The average Bonchev–Trinajstić information content (AvgIpc) is 3.13. The summed E-state index contributed by atoms with van der Waals surface area (Å²) < 4.78 is 0. The quantitative estimate of drug-likeness (QED) is 0.436. The van der Waals surface area contributed by atoms with Gasteiger partial charge in [-0.05, 0) is 49.3 Å². The topological polar surface area (TPSA) is 69.7 Å². The van der Waals surface area contributed by atoms with Crippen LogP contribution in [0.5, 0.6) is 0 Å². The number of rotatable bonds is 10. The lowest BCUT2D eigenvalue weighted by molar-refractivity contribution is -0.140. The van der Waals surface area contributed by atoms with Crippen LogP contribution >= 0.6 is 0 Å². The van der Waals surface area contributed by atoms with E-state index in [1.165, 1.54) is 0 Å². The summed E-state index contributed by atoms with van der Waals surface area (Å²) >= 11 is 0. The summed E-state index contributed by atoms with van der Waals surface area (Å²) in [4.78, 5) is 42.8. The summed E-state index contributed by atoms with van der Waals surface area (Å²) in [7, 11) is 0. The maximum Gasteiger partial charge on any atom is 0.258 e. The van der Waals surface area contributed by atoms with Crippen molar-refractivity contribution < 1.29 is 14.4 Å². The number of amides is 3. The second-order valence-corrected chi connectivity index (χ2v) is 10.1. The van der Waals surface area contributed by atoms with Gasteiger partial charge in [0.05, 0.1) is 5.69 Å². The third-order valence-electron chi connectivity index (χ3n) is 6.71. The van der Waals surface area contributed by atoms with Crippen LogP contribution in [-0.4, -0.2) is 41.8 Å². The molecule has 0 saturated carbocycles. The van der Waals surface area contributed by atoms with Crippen LogP contribution in [0.25, 0.3) is 10.8 Å². The molecule has 188 valence electrons. The molecular weight excluding hydrogens is 450 g/mol. The van der Waals surface area contributed by atoms with Gasteiger partial charge in [0.25, 0.3) is 5.91 Å². The zero-order chi connectivity index (χ0) is 25.8. The van der Waals surface area contributed by atoms with Gasteiger partial charge >= 0.3 is 0 Å². The van der Waals surface area contributed by atoms with E-state index in [9.17, 15) is 14.4 Å². The molecular formula is C30H35N3O3. The molecule has 0 radical (unpaired) electrons. The number of hydrogen-bond acceptors (Lipinski definition) is 3. The fourth-order valence-electron chi connectivity index (χ4n) is 4.78. The zero-order valence-corrected chi connectivity index (χ0v) is 21.6. The Morgan fingerprint density at radius 2 is 1.72 bits per heavy atom. The van der Waals surface area contributed by atoms with Gasteiger partial charge in [-0.15, -0.1) is 0 Å². The Labute approximate surface area is 213 Å². The van der Waals surface area contributed by atoms with E-state index in [0.717, 1.165) is 27.6 Å². The first kappa shape index (κ1) is 25.4. The van der Waals surface area contributed by atoms with Crippen LogP contribution in [0.15, 0.2) is 60.7 Å².